The molecule has 0 unspecified atom stereocenters. The molecule has 3 aromatic rings. The minimum absolute atomic E-state index is 0.221. The lowest BCUT2D eigenvalue weighted by Gasteiger charge is -2.06. The Morgan fingerprint density at radius 3 is 2.77 bits per heavy atom. The fourth-order valence-corrected chi connectivity index (χ4v) is 2.66. The number of pyridine rings is 1. The Morgan fingerprint density at radius 1 is 1.27 bits per heavy atom. The lowest BCUT2D eigenvalue weighted by Crippen LogP contribution is -1.96. The first-order chi connectivity index (χ1) is 10.7. The lowest BCUT2D eigenvalue weighted by atomic mass is 10.1. The predicted octanol–water partition coefficient (Wildman–Crippen LogP) is 4.27. The maximum atomic E-state index is 14.1. The normalized spacial score (nSPS) is 10.9. The van der Waals surface area contributed by atoms with E-state index < -0.39 is 5.82 Å². The van der Waals surface area contributed by atoms with E-state index in [2.05, 4.69) is 0 Å². The van der Waals surface area contributed by atoms with Crippen LogP contribution in [0.2, 0.25) is 0 Å². The van der Waals surface area contributed by atoms with Crippen LogP contribution < -0.4 is 4.74 Å². The number of aldehydes is 1. The topological polar surface area (TPSA) is 30.7 Å². The molecule has 0 saturated carbocycles. The van der Waals surface area contributed by atoms with Gasteiger partial charge in [-0.05, 0) is 49.2 Å². The Kier molecular flexibility index (Phi) is 3.67. The van der Waals surface area contributed by atoms with Crippen molar-refractivity contribution in [3.05, 3.63) is 59.7 Å². The highest BCUT2D eigenvalue weighted by Gasteiger charge is 2.14. The summed E-state index contributed by atoms with van der Waals surface area (Å²) in [4.78, 5) is 11.5. The standard InChI is InChI=1S/C18H16FNO2/c1-3-22-18-7-6-13(9-15(18)19)14-10-16-12(2)5-4-8-20(16)17(14)11-21/h4-11H,3H2,1-2H3. The molecule has 0 spiro atoms. The molecule has 0 aliphatic rings. The van der Waals surface area contributed by atoms with Gasteiger partial charge in [0.05, 0.1) is 12.3 Å². The Hall–Kier alpha value is -2.62. The van der Waals surface area contributed by atoms with Crippen LogP contribution in [-0.4, -0.2) is 17.3 Å². The van der Waals surface area contributed by atoms with Crippen molar-refractivity contribution < 1.29 is 13.9 Å². The van der Waals surface area contributed by atoms with Crippen LogP contribution in [-0.2, 0) is 0 Å². The van der Waals surface area contributed by atoms with E-state index in [0.717, 1.165) is 17.4 Å². The van der Waals surface area contributed by atoms with Gasteiger partial charge in [0.1, 0.15) is 0 Å². The van der Waals surface area contributed by atoms with Gasteiger partial charge in [0.15, 0.2) is 17.9 Å². The van der Waals surface area contributed by atoms with Crippen LogP contribution in [0.15, 0.2) is 42.6 Å². The van der Waals surface area contributed by atoms with Crippen LogP contribution in [0.3, 0.4) is 0 Å². The number of nitrogens with zero attached hydrogens (tertiary/aromatic N) is 1. The molecule has 22 heavy (non-hydrogen) atoms. The molecular weight excluding hydrogens is 281 g/mol. The summed E-state index contributed by atoms with van der Waals surface area (Å²) < 4.78 is 21.1. The molecular formula is C18H16FNO2. The number of halogens is 1. The number of rotatable bonds is 4. The van der Waals surface area contributed by atoms with E-state index in [1.165, 1.54) is 6.07 Å². The molecule has 2 heterocycles. The summed E-state index contributed by atoms with van der Waals surface area (Å²) in [5.74, 6) is -0.206. The quantitative estimate of drug-likeness (QED) is 0.673. The molecule has 4 heteroatoms. The van der Waals surface area contributed by atoms with Crippen molar-refractivity contribution in [2.75, 3.05) is 6.61 Å². The average Bonchev–Trinajstić information content (AvgIpc) is 2.89. The minimum atomic E-state index is -0.428. The number of fused-ring (bicyclic) bond motifs is 1. The molecule has 0 fully saturated rings. The molecule has 3 rings (SSSR count). The number of hydrogen-bond acceptors (Lipinski definition) is 2. The molecule has 0 bridgehead atoms. The summed E-state index contributed by atoms with van der Waals surface area (Å²) in [7, 11) is 0. The third-order valence-electron chi connectivity index (χ3n) is 3.72. The van der Waals surface area contributed by atoms with Gasteiger partial charge < -0.3 is 9.14 Å². The highest BCUT2D eigenvalue weighted by atomic mass is 19.1. The molecule has 0 amide bonds. The summed E-state index contributed by atoms with van der Waals surface area (Å²) >= 11 is 0. The van der Waals surface area contributed by atoms with Gasteiger partial charge in [-0.3, -0.25) is 4.79 Å². The number of carbonyl (C=O) groups excluding carboxylic acids is 1. The first kappa shape index (κ1) is 14.3. The van der Waals surface area contributed by atoms with Gasteiger partial charge in [-0.1, -0.05) is 12.1 Å². The smallest absolute Gasteiger partial charge is 0.167 e. The monoisotopic (exact) mass is 297 g/mol. The fraction of sp³-hybridized carbons (Fsp3) is 0.167. The van der Waals surface area contributed by atoms with E-state index >= 15 is 0 Å². The highest BCUT2D eigenvalue weighted by molar-refractivity contribution is 5.90. The first-order valence-corrected chi connectivity index (χ1v) is 7.14. The van der Waals surface area contributed by atoms with Gasteiger partial charge in [0.25, 0.3) is 0 Å². The minimum Gasteiger partial charge on any atom is -0.491 e. The van der Waals surface area contributed by atoms with Crippen LogP contribution >= 0.6 is 0 Å². The van der Waals surface area contributed by atoms with E-state index in [0.29, 0.717) is 23.4 Å². The largest absolute Gasteiger partial charge is 0.491 e. The first-order valence-electron chi connectivity index (χ1n) is 7.14. The Balaban J connectivity index is 2.20. The van der Waals surface area contributed by atoms with Crippen molar-refractivity contribution in [1.29, 1.82) is 0 Å². The number of hydrogen-bond donors (Lipinski definition) is 0. The number of aromatic nitrogens is 1. The molecule has 3 nitrogen and oxygen atoms in total. The molecule has 0 aliphatic heterocycles. The predicted molar refractivity (Wildman–Crippen MR) is 84.1 cm³/mol. The number of carbonyl (C=O) groups is 1. The zero-order valence-electron chi connectivity index (χ0n) is 12.5. The van der Waals surface area contributed by atoms with Gasteiger partial charge in [0, 0.05) is 17.3 Å². The zero-order valence-corrected chi connectivity index (χ0v) is 12.5. The molecule has 0 saturated heterocycles. The van der Waals surface area contributed by atoms with Gasteiger partial charge in [0.2, 0.25) is 0 Å². The van der Waals surface area contributed by atoms with Crippen molar-refractivity contribution >= 4 is 11.8 Å². The highest BCUT2D eigenvalue weighted by Crippen LogP contribution is 2.31. The van der Waals surface area contributed by atoms with Gasteiger partial charge in [-0.15, -0.1) is 0 Å². The summed E-state index contributed by atoms with van der Waals surface area (Å²) in [6.45, 7) is 4.19. The molecule has 0 radical (unpaired) electrons. The van der Waals surface area contributed by atoms with E-state index in [-0.39, 0.29) is 5.75 Å². The summed E-state index contributed by atoms with van der Waals surface area (Å²) in [6, 6.07) is 10.5. The molecule has 2 aromatic heterocycles. The zero-order chi connectivity index (χ0) is 15.7. The van der Waals surface area contributed by atoms with Crippen LogP contribution in [0.1, 0.15) is 23.0 Å². The molecule has 0 atom stereocenters. The third kappa shape index (κ3) is 2.26. The van der Waals surface area contributed by atoms with E-state index in [1.807, 2.05) is 35.7 Å². The molecule has 0 N–H and O–H groups in total. The Labute approximate surface area is 128 Å². The summed E-state index contributed by atoms with van der Waals surface area (Å²) in [6.07, 6.45) is 2.64. The van der Waals surface area contributed by atoms with Crippen LogP contribution in [0.5, 0.6) is 5.75 Å². The maximum Gasteiger partial charge on any atom is 0.167 e. The van der Waals surface area contributed by atoms with E-state index in [1.54, 1.807) is 19.1 Å². The van der Waals surface area contributed by atoms with E-state index in [9.17, 15) is 9.18 Å². The van der Waals surface area contributed by atoms with Crippen LogP contribution in [0.25, 0.3) is 16.6 Å². The second kappa shape index (κ2) is 5.64. The number of ether oxygens (including phenoxy) is 1. The second-order valence-electron chi connectivity index (χ2n) is 5.09. The van der Waals surface area contributed by atoms with E-state index in [4.69, 9.17) is 4.74 Å². The lowest BCUT2D eigenvalue weighted by molar-refractivity contribution is 0.111. The van der Waals surface area contributed by atoms with Crippen molar-refractivity contribution in [2.45, 2.75) is 13.8 Å². The van der Waals surface area contributed by atoms with Crippen molar-refractivity contribution in [1.82, 2.24) is 4.40 Å². The third-order valence-corrected chi connectivity index (χ3v) is 3.72. The second-order valence-corrected chi connectivity index (χ2v) is 5.09. The van der Waals surface area contributed by atoms with Gasteiger partial charge >= 0.3 is 0 Å². The van der Waals surface area contributed by atoms with Crippen LogP contribution in [0, 0.1) is 12.7 Å². The SMILES string of the molecule is CCOc1ccc(-c2cc3c(C)cccn3c2C=O)cc1F. The number of aryl methyl sites for hydroxylation is 1. The van der Waals surface area contributed by atoms with Crippen molar-refractivity contribution in [3.8, 4) is 16.9 Å². The Morgan fingerprint density at radius 2 is 2.09 bits per heavy atom. The van der Waals surface area contributed by atoms with Crippen molar-refractivity contribution in [3.63, 3.8) is 0 Å². The number of benzene rings is 1. The molecule has 1 aromatic carbocycles. The van der Waals surface area contributed by atoms with Gasteiger partial charge in [-0.2, -0.15) is 0 Å². The fourth-order valence-electron chi connectivity index (χ4n) is 2.66. The molecule has 112 valence electrons. The maximum absolute atomic E-state index is 14.1. The van der Waals surface area contributed by atoms with Crippen LogP contribution in [0.4, 0.5) is 4.39 Å². The summed E-state index contributed by atoms with van der Waals surface area (Å²) in [5.41, 5.74) is 3.89. The Bertz CT molecular complexity index is 852. The average molecular weight is 297 g/mol. The van der Waals surface area contributed by atoms with Crippen molar-refractivity contribution in [2.24, 2.45) is 0 Å². The van der Waals surface area contributed by atoms with Gasteiger partial charge in [-0.25, -0.2) is 4.39 Å². The molecule has 0 aliphatic carbocycles. The summed E-state index contributed by atoms with van der Waals surface area (Å²) in [5, 5.41) is 0.